The molecule has 17 heavy (non-hydrogen) atoms. The van der Waals surface area contributed by atoms with Gasteiger partial charge in [0.1, 0.15) is 0 Å². The molecular weight excluding hydrogens is 214 g/mol. The summed E-state index contributed by atoms with van der Waals surface area (Å²) >= 11 is 0. The van der Waals surface area contributed by atoms with Crippen molar-refractivity contribution in [3.05, 3.63) is 34.9 Å². The van der Waals surface area contributed by atoms with E-state index in [4.69, 9.17) is 4.74 Å². The van der Waals surface area contributed by atoms with E-state index in [2.05, 4.69) is 36.9 Å². The fourth-order valence-electron chi connectivity index (χ4n) is 2.29. The highest BCUT2D eigenvalue weighted by molar-refractivity contribution is 5.31. The predicted molar refractivity (Wildman–Crippen MR) is 68.1 cm³/mol. The second-order valence-electron chi connectivity index (χ2n) is 4.69. The van der Waals surface area contributed by atoms with E-state index in [-0.39, 0.29) is 12.6 Å². The van der Waals surface area contributed by atoms with E-state index in [0.717, 1.165) is 26.3 Å². The SMILES string of the molecule is Cc1ccc(C(CO)N2CCOCC2)cc1C. The Morgan fingerprint density at radius 1 is 1.24 bits per heavy atom. The van der Waals surface area contributed by atoms with E-state index >= 15 is 0 Å². The van der Waals surface area contributed by atoms with Crippen molar-refractivity contribution in [1.82, 2.24) is 4.90 Å². The Labute approximate surface area is 103 Å². The van der Waals surface area contributed by atoms with Gasteiger partial charge in [0, 0.05) is 13.1 Å². The molecule has 0 spiro atoms. The molecule has 1 atom stereocenters. The number of hydrogen-bond donors (Lipinski definition) is 1. The molecule has 1 aromatic carbocycles. The van der Waals surface area contributed by atoms with Crippen LogP contribution in [0.3, 0.4) is 0 Å². The molecule has 1 N–H and O–H groups in total. The third-order valence-electron chi connectivity index (χ3n) is 3.58. The van der Waals surface area contributed by atoms with Crippen LogP contribution in [0, 0.1) is 13.8 Å². The van der Waals surface area contributed by atoms with Crippen molar-refractivity contribution in [2.45, 2.75) is 19.9 Å². The summed E-state index contributed by atoms with van der Waals surface area (Å²) in [4.78, 5) is 2.30. The maximum absolute atomic E-state index is 9.61. The first-order valence-electron chi connectivity index (χ1n) is 6.22. The van der Waals surface area contributed by atoms with E-state index in [1.54, 1.807) is 0 Å². The molecule has 0 aliphatic carbocycles. The molecule has 94 valence electrons. The molecule has 0 radical (unpaired) electrons. The minimum absolute atomic E-state index is 0.109. The number of nitrogens with zero attached hydrogens (tertiary/aromatic N) is 1. The van der Waals surface area contributed by atoms with Crippen LogP contribution < -0.4 is 0 Å². The molecule has 0 saturated carbocycles. The van der Waals surface area contributed by atoms with Crippen molar-refractivity contribution >= 4 is 0 Å². The van der Waals surface area contributed by atoms with Crippen LogP contribution in [0.1, 0.15) is 22.7 Å². The van der Waals surface area contributed by atoms with Crippen LogP contribution in [0.15, 0.2) is 18.2 Å². The average molecular weight is 235 g/mol. The topological polar surface area (TPSA) is 32.7 Å². The molecule has 0 aromatic heterocycles. The molecule has 1 saturated heterocycles. The number of hydrogen-bond acceptors (Lipinski definition) is 3. The van der Waals surface area contributed by atoms with E-state index in [9.17, 15) is 5.11 Å². The first kappa shape index (κ1) is 12.6. The van der Waals surface area contributed by atoms with Gasteiger partial charge in [-0.05, 0) is 30.5 Å². The molecule has 3 nitrogen and oxygen atoms in total. The Hall–Kier alpha value is -0.900. The molecule has 2 rings (SSSR count). The van der Waals surface area contributed by atoms with Crippen molar-refractivity contribution in [3.8, 4) is 0 Å². The summed E-state index contributed by atoms with van der Waals surface area (Å²) in [7, 11) is 0. The summed E-state index contributed by atoms with van der Waals surface area (Å²) in [5.41, 5.74) is 3.79. The van der Waals surface area contributed by atoms with E-state index < -0.39 is 0 Å². The largest absolute Gasteiger partial charge is 0.394 e. The van der Waals surface area contributed by atoms with Crippen LogP contribution in [0.5, 0.6) is 0 Å². The molecule has 1 aromatic rings. The maximum Gasteiger partial charge on any atom is 0.0628 e. The number of aryl methyl sites for hydroxylation is 2. The fraction of sp³-hybridized carbons (Fsp3) is 0.571. The van der Waals surface area contributed by atoms with Crippen LogP contribution in [0.4, 0.5) is 0 Å². The third kappa shape index (κ3) is 2.86. The Morgan fingerprint density at radius 2 is 1.94 bits per heavy atom. The maximum atomic E-state index is 9.61. The summed E-state index contributed by atoms with van der Waals surface area (Å²) < 4.78 is 5.35. The summed E-state index contributed by atoms with van der Waals surface area (Å²) in [5, 5.41) is 9.61. The highest BCUT2D eigenvalue weighted by atomic mass is 16.5. The quantitative estimate of drug-likeness (QED) is 0.865. The minimum atomic E-state index is 0.109. The van der Waals surface area contributed by atoms with E-state index in [1.807, 2.05) is 0 Å². The molecule has 1 aliphatic heterocycles. The van der Waals surface area contributed by atoms with Gasteiger partial charge in [-0.1, -0.05) is 18.2 Å². The zero-order valence-corrected chi connectivity index (χ0v) is 10.6. The molecule has 3 heteroatoms. The van der Waals surface area contributed by atoms with E-state index in [0.29, 0.717) is 0 Å². The van der Waals surface area contributed by atoms with Crippen molar-refractivity contribution in [1.29, 1.82) is 0 Å². The van der Waals surface area contributed by atoms with Crippen LogP contribution in [0.25, 0.3) is 0 Å². The van der Waals surface area contributed by atoms with Crippen molar-refractivity contribution < 1.29 is 9.84 Å². The van der Waals surface area contributed by atoms with Gasteiger partial charge in [-0.2, -0.15) is 0 Å². The summed E-state index contributed by atoms with van der Waals surface area (Å²) in [5.74, 6) is 0. The lowest BCUT2D eigenvalue weighted by molar-refractivity contribution is 0.00258. The van der Waals surface area contributed by atoms with Gasteiger partial charge in [0.25, 0.3) is 0 Å². The highest BCUT2D eigenvalue weighted by Gasteiger charge is 2.21. The number of aliphatic hydroxyl groups is 1. The number of rotatable bonds is 3. The lowest BCUT2D eigenvalue weighted by Gasteiger charge is -2.33. The fourth-order valence-corrected chi connectivity index (χ4v) is 2.29. The normalized spacial score (nSPS) is 19.2. The monoisotopic (exact) mass is 235 g/mol. The average Bonchev–Trinajstić information content (AvgIpc) is 2.36. The second kappa shape index (κ2) is 5.63. The molecule has 1 unspecified atom stereocenters. The molecular formula is C14H21NO2. The Bertz CT molecular complexity index is 372. The highest BCUT2D eigenvalue weighted by Crippen LogP contribution is 2.23. The van der Waals surface area contributed by atoms with Crippen molar-refractivity contribution in [3.63, 3.8) is 0 Å². The Morgan fingerprint density at radius 3 is 2.53 bits per heavy atom. The molecule has 1 heterocycles. The lowest BCUT2D eigenvalue weighted by atomic mass is 10.00. The number of benzene rings is 1. The first-order valence-corrected chi connectivity index (χ1v) is 6.22. The van der Waals surface area contributed by atoms with Crippen LogP contribution in [0.2, 0.25) is 0 Å². The van der Waals surface area contributed by atoms with Crippen molar-refractivity contribution in [2.24, 2.45) is 0 Å². The molecule has 0 amide bonds. The zero-order valence-electron chi connectivity index (χ0n) is 10.6. The zero-order chi connectivity index (χ0) is 12.3. The van der Waals surface area contributed by atoms with Gasteiger partial charge < -0.3 is 9.84 Å². The smallest absolute Gasteiger partial charge is 0.0628 e. The number of morpholine rings is 1. The molecule has 0 bridgehead atoms. The summed E-state index contributed by atoms with van der Waals surface area (Å²) in [6.45, 7) is 7.73. The van der Waals surface area contributed by atoms with Gasteiger partial charge in [-0.3, -0.25) is 4.90 Å². The van der Waals surface area contributed by atoms with Crippen LogP contribution in [-0.4, -0.2) is 42.9 Å². The standard InChI is InChI=1S/C14H21NO2/c1-11-3-4-13(9-12(11)2)14(10-16)15-5-7-17-8-6-15/h3-4,9,14,16H,5-8,10H2,1-2H3. The van der Waals surface area contributed by atoms with Gasteiger partial charge in [0.2, 0.25) is 0 Å². The van der Waals surface area contributed by atoms with Gasteiger partial charge in [0.05, 0.1) is 25.9 Å². The van der Waals surface area contributed by atoms with Gasteiger partial charge >= 0.3 is 0 Å². The second-order valence-corrected chi connectivity index (χ2v) is 4.69. The first-order chi connectivity index (χ1) is 8.22. The van der Waals surface area contributed by atoms with Crippen molar-refractivity contribution in [2.75, 3.05) is 32.9 Å². The summed E-state index contributed by atoms with van der Waals surface area (Å²) in [6, 6.07) is 6.55. The van der Waals surface area contributed by atoms with Gasteiger partial charge in [-0.25, -0.2) is 0 Å². The van der Waals surface area contributed by atoms with Crippen LogP contribution in [-0.2, 0) is 4.74 Å². The lowest BCUT2D eigenvalue weighted by Crippen LogP contribution is -2.40. The minimum Gasteiger partial charge on any atom is -0.394 e. The Kier molecular flexibility index (Phi) is 4.15. The number of aliphatic hydroxyl groups excluding tert-OH is 1. The van der Waals surface area contributed by atoms with Gasteiger partial charge in [0.15, 0.2) is 0 Å². The van der Waals surface area contributed by atoms with Crippen LogP contribution >= 0.6 is 0 Å². The van der Waals surface area contributed by atoms with E-state index in [1.165, 1.54) is 16.7 Å². The Balaban J connectivity index is 2.18. The number of ether oxygens (including phenoxy) is 1. The molecule has 1 fully saturated rings. The molecule has 1 aliphatic rings. The predicted octanol–water partition coefficient (Wildman–Crippen LogP) is 1.67. The van der Waals surface area contributed by atoms with Gasteiger partial charge in [-0.15, -0.1) is 0 Å². The summed E-state index contributed by atoms with van der Waals surface area (Å²) in [6.07, 6.45) is 0. The third-order valence-corrected chi connectivity index (χ3v) is 3.58.